The van der Waals surface area contributed by atoms with Crippen LogP contribution in [0.5, 0.6) is 0 Å². The van der Waals surface area contributed by atoms with Crippen LogP contribution in [0.15, 0.2) is 59.5 Å². The number of nitrogens with zero attached hydrogens (tertiary/aromatic N) is 2. The van der Waals surface area contributed by atoms with Crippen LogP contribution in [0.4, 0.5) is 4.79 Å². The average Bonchev–Trinajstić information content (AvgIpc) is 3.18. The molecule has 4 rings (SSSR count). The number of hydrogen-bond donors (Lipinski definition) is 0. The highest BCUT2D eigenvalue weighted by molar-refractivity contribution is 8.18. The predicted molar refractivity (Wildman–Crippen MR) is 137 cm³/mol. The van der Waals surface area contributed by atoms with E-state index in [1.807, 2.05) is 32.1 Å². The quantitative estimate of drug-likeness (QED) is 0.370. The van der Waals surface area contributed by atoms with E-state index in [4.69, 9.17) is 11.6 Å². The molecule has 0 spiro atoms. The molecule has 2 heterocycles. The summed E-state index contributed by atoms with van der Waals surface area (Å²) in [6.07, 6.45) is 1.83. The third kappa shape index (κ3) is 4.80. The van der Waals surface area contributed by atoms with Gasteiger partial charge >= 0.3 is 0 Å². The summed E-state index contributed by atoms with van der Waals surface area (Å²) in [6, 6.07) is 17.8. The zero-order chi connectivity index (χ0) is 23.9. The van der Waals surface area contributed by atoms with Crippen molar-refractivity contribution in [1.29, 1.82) is 0 Å². The first kappa shape index (κ1) is 23.4. The minimum absolute atomic E-state index is 0.0966. The van der Waals surface area contributed by atoms with Crippen LogP contribution in [-0.4, -0.2) is 20.6 Å². The highest BCUT2D eigenvalue weighted by Gasteiger charge is 2.35. The van der Waals surface area contributed by atoms with Gasteiger partial charge in [0, 0.05) is 22.1 Å². The van der Waals surface area contributed by atoms with E-state index >= 15 is 0 Å². The molecule has 0 aliphatic carbocycles. The minimum atomic E-state index is -0.265. The molecule has 3 aromatic rings. The summed E-state index contributed by atoms with van der Waals surface area (Å²) in [4.78, 5) is 27.2. The second kappa shape index (κ2) is 8.88. The molecule has 0 bridgehead atoms. The van der Waals surface area contributed by atoms with Crippen molar-refractivity contribution >= 4 is 40.6 Å². The van der Waals surface area contributed by atoms with Crippen LogP contribution in [0, 0.1) is 13.8 Å². The Morgan fingerprint density at radius 3 is 2.21 bits per heavy atom. The van der Waals surface area contributed by atoms with Crippen molar-refractivity contribution in [2.75, 3.05) is 0 Å². The Morgan fingerprint density at radius 1 is 0.970 bits per heavy atom. The first-order valence-electron chi connectivity index (χ1n) is 10.8. The Bertz CT molecular complexity index is 1250. The van der Waals surface area contributed by atoms with E-state index in [0.29, 0.717) is 9.93 Å². The molecule has 4 nitrogen and oxygen atoms in total. The van der Waals surface area contributed by atoms with Crippen LogP contribution in [0.25, 0.3) is 11.8 Å². The van der Waals surface area contributed by atoms with Gasteiger partial charge in [-0.25, -0.2) is 0 Å². The van der Waals surface area contributed by atoms with Gasteiger partial charge in [0.05, 0.1) is 11.4 Å². The summed E-state index contributed by atoms with van der Waals surface area (Å²) in [6.45, 7) is 10.9. The zero-order valence-corrected chi connectivity index (χ0v) is 21.1. The normalized spacial score (nSPS) is 15.7. The Balaban J connectivity index is 1.60. The largest absolute Gasteiger partial charge is 0.318 e. The number of aryl methyl sites for hydroxylation is 1. The molecule has 0 saturated carbocycles. The highest BCUT2D eigenvalue weighted by atomic mass is 35.5. The predicted octanol–water partition coefficient (Wildman–Crippen LogP) is 7.28. The molecule has 1 aliphatic rings. The van der Waals surface area contributed by atoms with Gasteiger partial charge in [-0.15, -0.1) is 0 Å². The average molecular weight is 479 g/mol. The van der Waals surface area contributed by atoms with Gasteiger partial charge in [0.2, 0.25) is 0 Å². The molecule has 0 N–H and O–H groups in total. The number of aromatic nitrogens is 1. The first-order valence-corrected chi connectivity index (χ1v) is 12.0. The summed E-state index contributed by atoms with van der Waals surface area (Å²) in [5.41, 5.74) is 6.35. The molecular formula is C27H27ClN2O2S. The molecule has 2 amide bonds. The van der Waals surface area contributed by atoms with Crippen LogP contribution < -0.4 is 0 Å². The van der Waals surface area contributed by atoms with Crippen LogP contribution in [0.2, 0.25) is 5.02 Å². The van der Waals surface area contributed by atoms with Crippen molar-refractivity contribution in [2.45, 2.75) is 46.6 Å². The lowest BCUT2D eigenvalue weighted by atomic mass is 9.87. The van der Waals surface area contributed by atoms with Gasteiger partial charge in [0.15, 0.2) is 0 Å². The third-order valence-corrected chi connectivity index (χ3v) is 7.04. The standard InChI is InChI=1S/C27H27ClN2O2S/c1-17-14-20(18(2)30(17)23-12-8-21(9-13-23)27(3,4)5)15-24-25(31)29(26(32)33-24)16-19-6-10-22(28)11-7-19/h6-15H,16H2,1-5H3/b24-15-. The van der Waals surface area contributed by atoms with Gasteiger partial charge < -0.3 is 4.57 Å². The van der Waals surface area contributed by atoms with E-state index in [2.05, 4.69) is 55.7 Å². The van der Waals surface area contributed by atoms with Gasteiger partial charge in [-0.2, -0.15) is 0 Å². The molecule has 170 valence electrons. The molecule has 33 heavy (non-hydrogen) atoms. The number of hydrogen-bond acceptors (Lipinski definition) is 3. The van der Waals surface area contributed by atoms with Crippen molar-refractivity contribution in [3.8, 4) is 5.69 Å². The number of carbonyl (C=O) groups is 2. The monoisotopic (exact) mass is 478 g/mol. The number of thioether (sulfide) groups is 1. The molecule has 1 saturated heterocycles. The summed E-state index contributed by atoms with van der Waals surface area (Å²) in [5, 5.41) is 0.365. The number of amides is 2. The Kier molecular flexibility index (Phi) is 6.30. The van der Waals surface area contributed by atoms with Crippen molar-refractivity contribution in [3.05, 3.63) is 92.6 Å². The van der Waals surface area contributed by atoms with Crippen molar-refractivity contribution < 1.29 is 9.59 Å². The van der Waals surface area contributed by atoms with Crippen LogP contribution in [0.3, 0.4) is 0 Å². The van der Waals surface area contributed by atoms with Crippen LogP contribution in [-0.2, 0) is 16.8 Å². The maximum atomic E-state index is 13.0. The van der Waals surface area contributed by atoms with E-state index in [1.54, 1.807) is 12.1 Å². The van der Waals surface area contributed by atoms with Crippen LogP contribution >= 0.6 is 23.4 Å². The lowest BCUT2D eigenvalue weighted by Gasteiger charge is -2.20. The van der Waals surface area contributed by atoms with Crippen LogP contribution in [0.1, 0.15) is 48.8 Å². The van der Waals surface area contributed by atoms with E-state index in [9.17, 15) is 9.59 Å². The van der Waals surface area contributed by atoms with Gasteiger partial charge in [0.1, 0.15) is 0 Å². The minimum Gasteiger partial charge on any atom is -0.318 e. The van der Waals surface area contributed by atoms with E-state index < -0.39 is 0 Å². The van der Waals surface area contributed by atoms with E-state index in [1.165, 1.54) is 10.5 Å². The highest BCUT2D eigenvalue weighted by Crippen LogP contribution is 2.35. The number of halogens is 1. The maximum absolute atomic E-state index is 13.0. The molecule has 6 heteroatoms. The SMILES string of the molecule is Cc1cc(/C=C2\SC(=O)N(Cc3ccc(Cl)cc3)C2=O)c(C)n1-c1ccc(C(C)(C)C)cc1. The van der Waals surface area contributed by atoms with Gasteiger partial charge in [-0.3, -0.25) is 14.5 Å². The van der Waals surface area contributed by atoms with Crippen molar-refractivity contribution in [3.63, 3.8) is 0 Å². The summed E-state index contributed by atoms with van der Waals surface area (Å²) < 4.78 is 2.18. The summed E-state index contributed by atoms with van der Waals surface area (Å²) >= 11 is 6.92. The topological polar surface area (TPSA) is 42.3 Å². The summed E-state index contributed by atoms with van der Waals surface area (Å²) in [5.74, 6) is -0.265. The molecule has 0 atom stereocenters. The molecule has 1 aromatic heterocycles. The fraction of sp³-hybridized carbons (Fsp3) is 0.259. The molecule has 1 aliphatic heterocycles. The molecule has 0 unspecified atom stereocenters. The Labute approximate surface area is 204 Å². The molecule has 1 fully saturated rings. The lowest BCUT2D eigenvalue weighted by molar-refractivity contribution is -0.123. The Morgan fingerprint density at radius 2 is 1.61 bits per heavy atom. The second-order valence-corrected chi connectivity index (χ2v) is 10.8. The van der Waals surface area contributed by atoms with Crippen molar-refractivity contribution in [2.24, 2.45) is 0 Å². The maximum Gasteiger partial charge on any atom is 0.293 e. The van der Waals surface area contributed by atoms with E-state index in [-0.39, 0.29) is 23.1 Å². The van der Waals surface area contributed by atoms with E-state index in [0.717, 1.165) is 40.0 Å². The smallest absolute Gasteiger partial charge is 0.293 e. The third-order valence-electron chi connectivity index (χ3n) is 5.88. The second-order valence-electron chi connectivity index (χ2n) is 9.35. The fourth-order valence-electron chi connectivity index (χ4n) is 3.99. The van der Waals surface area contributed by atoms with Gasteiger partial charge in [-0.05, 0) is 84.1 Å². The molecule has 2 aromatic carbocycles. The van der Waals surface area contributed by atoms with Gasteiger partial charge in [0.25, 0.3) is 11.1 Å². The van der Waals surface area contributed by atoms with Gasteiger partial charge in [-0.1, -0.05) is 56.6 Å². The molecule has 0 radical (unpaired) electrons. The van der Waals surface area contributed by atoms with Crippen molar-refractivity contribution in [1.82, 2.24) is 9.47 Å². The molecular weight excluding hydrogens is 452 g/mol. The number of benzene rings is 2. The number of rotatable bonds is 4. The fourth-order valence-corrected chi connectivity index (χ4v) is 4.95. The Hall–Kier alpha value is -2.76. The summed E-state index contributed by atoms with van der Waals surface area (Å²) in [7, 11) is 0. The lowest BCUT2D eigenvalue weighted by Crippen LogP contribution is -2.27. The number of imide groups is 1. The zero-order valence-electron chi connectivity index (χ0n) is 19.5. The number of carbonyl (C=O) groups excluding carboxylic acids is 2. The first-order chi connectivity index (χ1) is 15.5.